The Kier molecular flexibility index (Phi) is 4.39. The van der Waals surface area contributed by atoms with Crippen LogP contribution in [0, 0.1) is 22.0 Å². The molecule has 1 aliphatic rings. The molecule has 0 heterocycles. The maximum atomic E-state index is 11.6. The highest BCUT2D eigenvalue weighted by atomic mass is 16.6. The van der Waals surface area contributed by atoms with Crippen LogP contribution in [0.2, 0.25) is 0 Å². The van der Waals surface area contributed by atoms with Gasteiger partial charge in [0.15, 0.2) is 0 Å². The lowest BCUT2D eigenvalue weighted by molar-refractivity contribution is -0.488. The first-order chi connectivity index (χ1) is 7.52. The summed E-state index contributed by atoms with van der Waals surface area (Å²) in [6, 6.07) is 0. The molecule has 1 rings (SSSR count). The van der Waals surface area contributed by atoms with Crippen LogP contribution in [0.3, 0.4) is 0 Å². The number of rotatable bonds is 4. The second-order valence-corrected chi connectivity index (χ2v) is 4.11. The average Bonchev–Trinajstić information content (AvgIpc) is 2.21. The lowest BCUT2D eigenvalue weighted by Crippen LogP contribution is -2.30. The van der Waals surface area contributed by atoms with Crippen molar-refractivity contribution in [2.45, 2.75) is 25.7 Å². The van der Waals surface area contributed by atoms with Crippen LogP contribution >= 0.6 is 0 Å². The van der Waals surface area contributed by atoms with E-state index in [1.807, 2.05) is 0 Å². The summed E-state index contributed by atoms with van der Waals surface area (Å²) in [7, 11) is 1.28. The van der Waals surface area contributed by atoms with E-state index < -0.39 is 10.9 Å². The quantitative estimate of drug-likeness (QED) is 0.404. The van der Waals surface area contributed by atoms with Crippen LogP contribution in [0.15, 0.2) is 0 Å². The molecular weight excluding hydrogens is 214 g/mol. The van der Waals surface area contributed by atoms with Gasteiger partial charge in [-0.2, -0.15) is 0 Å². The van der Waals surface area contributed by atoms with Crippen molar-refractivity contribution in [3.63, 3.8) is 0 Å². The predicted octanol–water partition coefficient (Wildman–Crippen LogP) is 0.812. The van der Waals surface area contributed by atoms with E-state index in [9.17, 15) is 19.7 Å². The van der Waals surface area contributed by atoms with E-state index in [1.54, 1.807) is 0 Å². The fourth-order valence-electron chi connectivity index (χ4n) is 2.02. The minimum absolute atomic E-state index is 0.0523. The van der Waals surface area contributed by atoms with E-state index >= 15 is 0 Å². The molecule has 0 unspecified atom stereocenters. The number of carbonyl (C=O) groups is 2. The van der Waals surface area contributed by atoms with E-state index in [4.69, 9.17) is 0 Å². The average molecular weight is 229 g/mol. The van der Waals surface area contributed by atoms with Crippen molar-refractivity contribution in [2.75, 3.05) is 13.7 Å². The summed E-state index contributed by atoms with van der Waals surface area (Å²) in [6.45, 7) is -0.156. The molecule has 0 aromatic carbocycles. The summed E-state index contributed by atoms with van der Waals surface area (Å²) in [6.07, 6.45) is 1.49. The van der Waals surface area contributed by atoms with Crippen molar-refractivity contribution in [1.82, 2.24) is 0 Å². The standard InChI is InChI=1S/C10H15NO5/c1-16-10(13)5-8-3-2-7(4-9(8)12)6-11(14)15/h7-8H,2-6H2,1H3/t7-,8+/m1/s1. The minimum Gasteiger partial charge on any atom is -0.469 e. The molecule has 0 amide bonds. The molecule has 6 nitrogen and oxygen atoms in total. The number of nitrogens with zero attached hydrogens (tertiary/aromatic N) is 1. The Morgan fingerprint density at radius 2 is 2.25 bits per heavy atom. The molecule has 0 spiro atoms. The second-order valence-electron chi connectivity index (χ2n) is 4.11. The van der Waals surface area contributed by atoms with Gasteiger partial charge in [0.1, 0.15) is 5.78 Å². The number of ether oxygens (including phenoxy) is 1. The van der Waals surface area contributed by atoms with E-state index in [0.29, 0.717) is 12.8 Å². The fourth-order valence-corrected chi connectivity index (χ4v) is 2.02. The van der Waals surface area contributed by atoms with E-state index in [0.717, 1.165) is 0 Å². The highest BCUT2D eigenvalue weighted by Crippen LogP contribution is 2.28. The van der Waals surface area contributed by atoms with Gasteiger partial charge < -0.3 is 4.74 Å². The Balaban J connectivity index is 2.43. The zero-order valence-corrected chi connectivity index (χ0v) is 9.18. The maximum absolute atomic E-state index is 11.6. The van der Waals surface area contributed by atoms with E-state index in [2.05, 4.69) is 4.74 Å². The topological polar surface area (TPSA) is 86.5 Å². The van der Waals surface area contributed by atoms with Gasteiger partial charge in [0.2, 0.25) is 6.54 Å². The van der Waals surface area contributed by atoms with E-state index in [-0.39, 0.29) is 37.0 Å². The molecule has 0 aromatic heterocycles. The summed E-state index contributed by atoms with van der Waals surface area (Å²) in [4.78, 5) is 32.5. The first kappa shape index (κ1) is 12.6. The molecule has 1 fully saturated rings. The SMILES string of the molecule is COC(=O)C[C@@H]1CC[C@@H](C[N+](=O)[O-])CC1=O. The van der Waals surface area contributed by atoms with Crippen LogP contribution < -0.4 is 0 Å². The van der Waals surface area contributed by atoms with Gasteiger partial charge in [0, 0.05) is 23.2 Å². The van der Waals surface area contributed by atoms with Gasteiger partial charge in [0.25, 0.3) is 0 Å². The van der Waals surface area contributed by atoms with Gasteiger partial charge >= 0.3 is 5.97 Å². The second kappa shape index (κ2) is 5.58. The smallest absolute Gasteiger partial charge is 0.306 e. The molecule has 1 saturated carbocycles. The molecule has 0 radical (unpaired) electrons. The number of nitro groups is 1. The highest BCUT2D eigenvalue weighted by Gasteiger charge is 2.32. The van der Waals surface area contributed by atoms with Crippen LogP contribution in [0.4, 0.5) is 0 Å². The molecular formula is C10H15NO5. The molecule has 90 valence electrons. The number of hydrogen-bond donors (Lipinski definition) is 0. The molecule has 0 N–H and O–H groups in total. The Labute approximate surface area is 93.1 Å². The molecule has 0 aliphatic heterocycles. The van der Waals surface area contributed by atoms with E-state index in [1.165, 1.54) is 7.11 Å². The summed E-state index contributed by atoms with van der Waals surface area (Å²) in [5.41, 5.74) is 0. The molecule has 6 heteroatoms. The monoisotopic (exact) mass is 229 g/mol. The predicted molar refractivity (Wildman–Crippen MR) is 54.3 cm³/mol. The van der Waals surface area contributed by atoms with Crippen LogP contribution in [-0.2, 0) is 14.3 Å². The van der Waals surface area contributed by atoms with Crippen molar-refractivity contribution in [3.05, 3.63) is 10.1 Å². The number of methoxy groups -OCH3 is 1. The number of carbonyl (C=O) groups excluding carboxylic acids is 2. The first-order valence-corrected chi connectivity index (χ1v) is 5.24. The Morgan fingerprint density at radius 1 is 1.56 bits per heavy atom. The van der Waals surface area contributed by atoms with Gasteiger partial charge in [-0.15, -0.1) is 0 Å². The number of Topliss-reactive ketones (excluding diaryl/α,β-unsaturated/α-hetero) is 1. The third-order valence-corrected chi connectivity index (χ3v) is 2.92. The highest BCUT2D eigenvalue weighted by molar-refractivity contribution is 5.86. The van der Waals surface area contributed by atoms with Crippen LogP contribution in [0.25, 0.3) is 0 Å². The molecule has 16 heavy (non-hydrogen) atoms. The summed E-state index contributed by atoms with van der Waals surface area (Å²) < 4.78 is 4.49. The Hall–Kier alpha value is -1.46. The number of esters is 1. The van der Waals surface area contributed by atoms with Gasteiger partial charge in [-0.3, -0.25) is 19.7 Å². The van der Waals surface area contributed by atoms with Gasteiger partial charge in [-0.25, -0.2) is 0 Å². The van der Waals surface area contributed by atoms with Crippen LogP contribution in [0.1, 0.15) is 25.7 Å². The van der Waals surface area contributed by atoms with Crippen molar-refractivity contribution in [1.29, 1.82) is 0 Å². The van der Waals surface area contributed by atoms with Crippen molar-refractivity contribution in [3.8, 4) is 0 Å². The van der Waals surface area contributed by atoms with Crippen molar-refractivity contribution in [2.24, 2.45) is 11.8 Å². The van der Waals surface area contributed by atoms with Gasteiger partial charge in [-0.05, 0) is 12.8 Å². The molecule has 0 saturated heterocycles. The summed E-state index contributed by atoms with van der Waals surface area (Å²) in [5, 5.41) is 10.3. The normalized spacial score (nSPS) is 25.2. The van der Waals surface area contributed by atoms with Crippen LogP contribution in [-0.4, -0.2) is 30.3 Å². The van der Waals surface area contributed by atoms with Crippen LogP contribution in [0.5, 0.6) is 0 Å². The van der Waals surface area contributed by atoms with Crippen molar-refractivity contribution < 1.29 is 19.2 Å². The number of hydrogen-bond acceptors (Lipinski definition) is 5. The summed E-state index contributed by atoms with van der Waals surface area (Å²) >= 11 is 0. The Morgan fingerprint density at radius 3 is 2.75 bits per heavy atom. The maximum Gasteiger partial charge on any atom is 0.306 e. The molecule has 1 aliphatic carbocycles. The van der Waals surface area contributed by atoms with Crippen molar-refractivity contribution >= 4 is 11.8 Å². The third-order valence-electron chi connectivity index (χ3n) is 2.92. The lowest BCUT2D eigenvalue weighted by Gasteiger charge is -2.24. The number of ketones is 1. The molecule has 2 atom stereocenters. The minimum atomic E-state index is -0.397. The molecule has 0 bridgehead atoms. The lowest BCUT2D eigenvalue weighted by atomic mass is 9.79. The Bertz CT molecular complexity index is 302. The molecule has 0 aromatic rings. The summed E-state index contributed by atoms with van der Waals surface area (Å²) in [5.74, 6) is -0.929. The zero-order valence-electron chi connectivity index (χ0n) is 9.18. The van der Waals surface area contributed by atoms with Gasteiger partial charge in [0.05, 0.1) is 13.5 Å². The first-order valence-electron chi connectivity index (χ1n) is 5.24. The zero-order chi connectivity index (χ0) is 12.1. The largest absolute Gasteiger partial charge is 0.469 e. The van der Waals surface area contributed by atoms with Gasteiger partial charge in [-0.1, -0.05) is 0 Å². The fraction of sp³-hybridized carbons (Fsp3) is 0.800. The third kappa shape index (κ3) is 3.60.